The van der Waals surface area contributed by atoms with Crippen molar-refractivity contribution in [1.29, 1.82) is 0 Å². The van der Waals surface area contributed by atoms with Crippen LogP contribution < -0.4 is 0 Å². The molecule has 1 atom stereocenters. The Morgan fingerprint density at radius 1 is 1.12 bits per heavy atom. The summed E-state index contributed by atoms with van der Waals surface area (Å²) in [6.07, 6.45) is -0.694. The molecule has 0 radical (unpaired) electrons. The molecule has 0 aromatic heterocycles. The molecular formula is C11H11NO4. The van der Waals surface area contributed by atoms with E-state index in [0.29, 0.717) is 5.56 Å². The van der Waals surface area contributed by atoms with Crippen LogP contribution >= 0.6 is 0 Å². The lowest BCUT2D eigenvalue weighted by Gasteiger charge is -2.23. The number of likely N-dealkylation sites (tertiary alicyclic amines) is 1. The van der Waals surface area contributed by atoms with Gasteiger partial charge in [0.15, 0.2) is 6.23 Å². The number of carbonyl (C=O) groups excluding carboxylic acids is 2. The molecule has 0 saturated carbocycles. The molecule has 2 rings (SSSR count). The highest BCUT2D eigenvalue weighted by Crippen LogP contribution is 2.26. The third-order valence-electron chi connectivity index (χ3n) is 2.51. The first-order chi connectivity index (χ1) is 7.74. The molecule has 16 heavy (non-hydrogen) atoms. The Balaban J connectivity index is 2.29. The molecule has 0 bridgehead atoms. The Hall–Kier alpha value is -1.72. The third kappa shape index (κ3) is 1.82. The van der Waals surface area contributed by atoms with E-state index < -0.39 is 6.23 Å². The maximum Gasteiger partial charge on any atom is 0.232 e. The molecule has 2 amide bonds. The molecule has 5 nitrogen and oxygen atoms in total. The predicted octanol–water partition coefficient (Wildman–Crippen LogP) is 1.32. The first kappa shape index (κ1) is 10.8. The van der Waals surface area contributed by atoms with E-state index in [1.165, 1.54) is 0 Å². The monoisotopic (exact) mass is 221 g/mol. The minimum Gasteiger partial charge on any atom is -0.274 e. The minimum atomic E-state index is -1.04. The number of nitrogens with zero attached hydrogens (tertiary/aromatic N) is 1. The number of carbonyl (C=O) groups is 2. The summed E-state index contributed by atoms with van der Waals surface area (Å²) in [5.74, 6) is -0.652. The van der Waals surface area contributed by atoms with Crippen molar-refractivity contribution in [1.82, 2.24) is 4.90 Å². The average molecular weight is 221 g/mol. The van der Waals surface area contributed by atoms with Crippen molar-refractivity contribution in [2.45, 2.75) is 19.1 Å². The fourth-order valence-electron chi connectivity index (χ4n) is 1.73. The third-order valence-corrected chi connectivity index (χ3v) is 2.51. The van der Waals surface area contributed by atoms with Crippen molar-refractivity contribution >= 4 is 11.8 Å². The van der Waals surface area contributed by atoms with Crippen LogP contribution in [0.4, 0.5) is 0 Å². The molecule has 1 aromatic rings. The zero-order valence-corrected chi connectivity index (χ0v) is 8.50. The van der Waals surface area contributed by atoms with Gasteiger partial charge in [-0.1, -0.05) is 30.3 Å². The Morgan fingerprint density at radius 2 is 1.69 bits per heavy atom. The second-order valence-electron chi connectivity index (χ2n) is 3.53. The van der Waals surface area contributed by atoms with Crippen LogP contribution in [0.25, 0.3) is 0 Å². The van der Waals surface area contributed by atoms with Crippen molar-refractivity contribution in [3.63, 3.8) is 0 Å². The van der Waals surface area contributed by atoms with Gasteiger partial charge in [0.25, 0.3) is 0 Å². The highest BCUT2D eigenvalue weighted by atomic mass is 17.1. The predicted molar refractivity (Wildman–Crippen MR) is 54.0 cm³/mol. The van der Waals surface area contributed by atoms with Gasteiger partial charge in [0.1, 0.15) is 0 Å². The summed E-state index contributed by atoms with van der Waals surface area (Å²) in [6.45, 7) is 0. The van der Waals surface area contributed by atoms with Gasteiger partial charge in [-0.05, 0) is 0 Å². The fourth-order valence-corrected chi connectivity index (χ4v) is 1.73. The highest BCUT2D eigenvalue weighted by molar-refractivity contribution is 6.02. The number of hydrogen-bond donors (Lipinski definition) is 1. The van der Waals surface area contributed by atoms with Gasteiger partial charge in [-0.25, -0.2) is 15.0 Å². The number of rotatable bonds is 3. The van der Waals surface area contributed by atoms with E-state index in [1.54, 1.807) is 30.3 Å². The second kappa shape index (κ2) is 4.42. The van der Waals surface area contributed by atoms with Crippen molar-refractivity contribution in [2.75, 3.05) is 0 Å². The van der Waals surface area contributed by atoms with E-state index in [-0.39, 0.29) is 24.7 Å². The summed E-state index contributed by atoms with van der Waals surface area (Å²) in [4.78, 5) is 28.1. The van der Waals surface area contributed by atoms with Gasteiger partial charge in [-0.2, -0.15) is 0 Å². The van der Waals surface area contributed by atoms with Crippen LogP contribution in [-0.4, -0.2) is 22.0 Å². The standard InChI is InChI=1S/C11H11NO4/c13-9-6-7-10(14)12(9)11(16-15)8-4-2-1-3-5-8/h1-5,11,15H,6-7H2. The molecular weight excluding hydrogens is 210 g/mol. The maximum atomic E-state index is 11.5. The van der Waals surface area contributed by atoms with Crippen LogP contribution in [0.15, 0.2) is 30.3 Å². The van der Waals surface area contributed by atoms with E-state index >= 15 is 0 Å². The van der Waals surface area contributed by atoms with Crippen molar-refractivity contribution in [3.8, 4) is 0 Å². The average Bonchev–Trinajstić information content (AvgIpc) is 2.63. The number of benzene rings is 1. The number of imide groups is 1. The molecule has 5 heteroatoms. The molecule has 0 aliphatic carbocycles. The summed E-state index contributed by atoms with van der Waals surface area (Å²) in [5.41, 5.74) is 0.564. The zero-order chi connectivity index (χ0) is 11.5. The van der Waals surface area contributed by atoms with Crippen LogP contribution in [0.5, 0.6) is 0 Å². The van der Waals surface area contributed by atoms with Gasteiger partial charge in [0, 0.05) is 18.4 Å². The van der Waals surface area contributed by atoms with E-state index in [0.717, 1.165) is 4.90 Å². The molecule has 1 fully saturated rings. The normalized spacial score (nSPS) is 17.9. The van der Waals surface area contributed by atoms with E-state index in [4.69, 9.17) is 5.26 Å². The van der Waals surface area contributed by atoms with Crippen LogP contribution in [0, 0.1) is 0 Å². The second-order valence-corrected chi connectivity index (χ2v) is 3.53. The van der Waals surface area contributed by atoms with Crippen LogP contribution in [0.3, 0.4) is 0 Å². The molecule has 1 aliphatic heterocycles. The first-order valence-electron chi connectivity index (χ1n) is 4.94. The van der Waals surface area contributed by atoms with Crippen molar-refractivity contribution in [3.05, 3.63) is 35.9 Å². The van der Waals surface area contributed by atoms with Crippen LogP contribution in [-0.2, 0) is 14.5 Å². The summed E-state index contributed by atoms with van der Waals surface area (Å²) in [7, 11) is 0. The van der Waals surface area contributed by atoms with Crippen LogP contribution in [0.1, 0.15) is 24.6 Å². The molecule has 1 unspecified atom stereocenters. The van der Waals surface area contributed by atoms with E-state index in [1.807, 2.05) is 0 Å². The van der Waals surface area contributed by atoms with Gasteiger partial charge in [-0.3, -0.25) is 9.59 Å². The van der Waals surface area contributed by atoms with Gasteiger partial charge >= 0.3 is 0 Å². The smallest absolute Gasteiger partial charge is 0.232 e. The molecule has 1 saturated heterocycles. The molecule has 0 spiro atoms. The van der Waals surface area contributed by atoms with E-state index in [2.05, 4.69) is 4.89 Å². The lowest BCUT2D eigenvalue weighted by atomic mass is 10.2. The summed E-state index contributed by atoms with van der Waals surface area (Å²) >= 11 is 0. The summed E-state index contributed by atoms with van der Waals surface area (Å²) in [6, 6.07) is 8.64. The Morgan fingerprint density at radius 3 is 2.19 bits per heavy atom. The van der Waals surface area contributed by atoms with Gasteiger partial charge in [-0.15, -0.1) is 0 Å². The van der Waals surface area contributed by atoms with Crippen LogP contribution in [0.2, 0.25) is 0 Å². The number of hydrogen-bond acceptors (Lipinski definition) is 4. The van der Waals surface area contributed by atoms with Crippen molar-refractivity contribution < 1.29 is 19.7 Å². The molecule has 1 N–H and O–H groups in total. The maximum absolute atomic E-state index is 11.5. The SMILES string of the molecule is O=C1CCC(=O)N1C(OO)c1ccccc1. The molecule has 1 aromatic carbocycles. The first-order valence-corrected chi connectivity index (χ1v) is 4.94. The fraction of sp³-hybridized carbons (Fsp3) is 0.273. The van der Waals surface area contributed by atoms with Crippen molar-refractivity contribution in [2.24, 2.45) is 0 Å². The number of amides is 2. The zero-order valence-electron chi connectivity index (χ0n) is 8.50. The Kier molecular flexibility index (Phi) is 2.98. The topological polar surface area (TPSA) is 66.8 Å². The van der Waals surface area contributed by atoms with Gasteiger partial charge < -0.3 is 0 Å². The largest absolute Gasteiger partial charge is 0.274 e. The van der Waals surface area contributed by atoms with E-state index in [9.17, 15) is 9.59 Å². The highest BCUT2D eigenvalue weighted by Gasteiger charge is 2.36. The lowest BCUT2D eigenvalue weighted by molar-refractivity contribution is -0.308. The molecule has 1 heterocycles. The Labute approximate surface area is 92.2 Å². The lowest BCUT2D eigenvalue weighted by Crippen LogP contribution is -2.34. The summed E-state index contributed by atoms with van der Waals surface area (Å²) in [5, 5.41) is 8.83. The Bertz CT molecular complexity index is 388. The van der Waals surface area contributed by atoms with Gasteiger partial charge in [0.05, 0.1) is 0 Å². The molecule has 1 aliphatic rings. The quantitative estimate of drug-likeness (QED) is 0.475. The summed E-state index contributed by atoms with van der Waals surface area (Å²) < 4.78 is 0. The minimum absolute atomic E-state index is 0.172. The van der Waals surface area contributed by atoms with Gasteiger partial charge in [0.2, 0.25) is 11.8 Å². The molecule has 84 valence electrons.